The summed E-state index contributed by atoms with van der Waals surface area (Å²) >= 11 is 0. The summed E-state index contributed by atoms with van der Waals surface area (Å²) < 4.78 is 27.2. The lowest BCUT2D eigenvalue weighted by atomic mass is 9.92. The highest BCUT2D eigenvalue weighted by Crippen LogP contribution is 2.41. The van der Waals surface area contributed by atoms with Gasteiger partial charge in [0.1, 0.15) is 11.8 Å². The third-order valence-corrected chi connectivity index (χ3v) is 5.53. The summed E-state index contributed by atoms with van der Waals surface area (Å²) in [6, 6.07) is 17.4. The van der Waals surface area contributed by atoms with Crippen molar-refractivity contribution in [3.05, 3.63) is 78.1 Å². The summed E-state index contributed by atoms with van der Waals surface area (Å²) in [4.78, 5) is 6.04. The Bertz CT molecular complexity index is 837. The van der Waals surface area contributed by atoms with E-state index in [1.54, 1.807) is 30.3 Å². The number of benzene rings is 2. The molecule has 1 aliphatic heterocycles. The Kier molecular flexibility index (Phi) is 4.24. The molecule has 0 radical (unpaired) electrons. The van der Waals surface area contributed by atoms with Crippen molar-refractivity contribution >= 4 is 10.0 Å². The Morgan fingerprint density at radius 3 is 2.00 bits per heavy atom. The molecule has 5 heteroatoms. The molecule has 4 nitrogen and oxygen atoms in total. The van der Waals surface area contributed by atoms with Gasteiger partial charge in [-0.05, 0) is 28.2 Å². The maximum absolute atomic E-state index is 13.1. The van der Waals surface area contributed by atoms with Gasteiger partial charge in [-0.1, -0.05) is 69.3 Å². The minimum absolute atomic E-state index is 0.217. The Labute approximate surface area is 143 Å². The van der Waals surface area contributed by atoms with Crippen molar-refractivity contribution in [2.75, 3.05) is 0 Å². The topological polar surface area (TPSA) is 46.6 Å². The minimum atomic E-state index is -3.77. The highest BCUT2D eigenvalue weighted by Gasteiger charge is 2.41. The van der Waals surface area contributed by atoms with Crippen molar-refractivity contribution in [2.45, 2.75) is 31.7 Å². The number of allylic oxidation sites excluding steroid dienone is 1. The van der Waals surface area contributed by atoms with Gasteiger partial charge in [0, 0.05) is 5.41 Å². The second-order valence-corrected chi connectivity index (χ2v) is 8.58. The van der Waals surface area contributed by atoms with Crippen molar-refractivity contribution < 1.29 is 13.3 Å². The van der Waals surface area contributed by atoms with Crippen LogP contribution < -0.4 is 0 Å². The monoisotopic (exact) mass is 343 g/mol. The molecule has 3 rings (SSSR count). The summed E-state index contributed by atoms with van der Waals surface area (Å²) in [7, 11) is -3.77. The molecule has 0 N–H and O–H groups in total. The molecule has 2 aromatic rings. The average Bonchev–Trinajstić information content (AvgIpc) is 3.03. The SMILES string of the molecule is CC(C)(C)C1=CC(c2ccccc2)N(S(=O)(=O)c2ccccc2)O1. The first-order chi connectivity index (χ1) is 11.3. The van der Waals surface area contributed by atoms with Crippen LogP contribution in [0.2, 0.25) is 0 Å². The van der Waals surface area contributed by atoms with Crippen LogP contribution in [0, 0.1) is 5.41 Å². The number of nitrogens with zero attached hydrogens (tertiary/aromatic N) is 1. The zero-order chi connectivity index (χ0) is 17.4. The first kappa shape index (κ1) is 16.7. The van der Waals surface area contributed by atoms with Crippen LogP contribution in [0.15, 0.2) is 77.4 Å². The van der Waals surface area contributed by atoms with E-state index in [-0.39, 0.29) is 10.3 Å². The van der Waals surface area contributed by atoms with Crippen molar-refractivity contribution in [3.8, 4) is 0 Å². The van der Waals surface area contributed by atoms with E-state index < -0.39 is 16.1 Å². The predicted molar refractivity (Wildman–Crippen MR) is 93.3 cm³/mol. The van der Waals surface area contributed by atoms with Crippen LogP contribution in [-0.2, 0) is 14.9 Å². The molecule has 126 valence electrons. The van der Waals surface area contributed by atoms with Crippen LogP contribution in [0.4, 0.5) is 0 Å². The summed E-state index contributed by atoms with van der Waals surface area (Å²) in [6.07, 6.45) is 1.88. The molecule has 1 heterocycles. The molecule has 0 aliphatic carbocycles. The molecule has 2 aromatic carbocycles. The molecular formula is C19H21NO3S. The van der Waals surface area contributed by atoms with Crippen molar-refractivity contribution in [1.82, 2.24) is 4.47 Å². The molecule has 0 spiro atoms. The van der Waals surface area contributed by atoms with Gasteiger partial charge in [-0.15, -0.1) is 0 Å². The van der Waals surface area contributed by atoms with Crippen LogP contribution in [0.25, 0.3) is 0 Å². The fourth-order valence-corrected chi connectivity index (χ4v) is 3.91. The largest absolute Gasteiger partial charge is 0.394 e. The molecule has 1 unspecified atom stereocenters. The van der Waals surface area contributed by atoms with E-state index in [9.17, 15) is 8.42 Å². The molecule has 0 aromatic heterocycles. The lowest BCUT2D eigenvalue weighted by Gasteiger charge is -2.25. The third-order valence-electron chi connectivity index (χ3n) is 3.88. The van der Waals surface area contributed by atoms with E-state index in [1.807, 2.05) is 57.2 Å². The van der Waals surface area contributed by atoms with Gasteiger partial charge in [0.25, 0.3) is 10.0 Å². The molecule has 0 saturated carbocycles. The fourth-order valence-electron chi connectivity index (χ4n) is 2.54. The van der Waals surface area contributed by atoms with Gasteiger partial charge in [0.15, 0.2) is 0 Å². The minimum Gasteiger partial charge on any atom is -0.394 e. The first-order valence-electron chi connectivity index (χ1n) is 7.85. The van der Waals surface area contributed by atoms with Crippen LogP contribution in [0.3, 0.4) is 0 Å². The Morgan fingerprint density at radius 2 is 1.46 bits per heavy atom. The van der Waals surface area contributed by atoms with Gasteiger partial charge in [-0.25, -0.2) is 8.42 Å². The van der Waals surface area contributed by atoms with E-state index >= 15 is 0 Å². The summed E-state index contributed by atoms with van der Waals surface area (Å²) in [5.41, 5.74) is 0.588. The van der Waals surface area contributed by atoms with E-state index in [1.165, 1.54) is 0 Å². The summed E-state index contributed by atoms with van der Waals surface area (Å²) in [6.45, 7) is 6.00. The number of hydrogen-bond donors (Lipinski definition) is 0. The Morgan fingerprint density at radius 1 is 0.917 bits per heavy atom. The van der Waals surface area contributed by atoms with Crippen molar-refractivity contribution in [2.24, 2.45) is 5.41 Å². The number of rotatable bonds is 3. The summed E-state index contributed by atoms with van der Waals surface area (Å²) in [5.74, 6) is 0.649. The molecule has 0 bridgehead atoms. The third kappa shape index (κ3) is 3.09. The molecule has 1 aliphatic rings. The first-order valence-corrected chi connectivity index (χ1v) is 9.29. The van der Waals surface area contributed by atoms with Gasteiger partial charge >= 0.3 is 0 Å². The molecule has 24 heavy (non-hydrogen) atoms. The summed E-state index contributed by atoms with van der Waals surface area (Å²) in [5, 5.41) is 0. The van der Waals surface area contributed by atoms with E-state index in [2.05, 4.69) is 0 Å². The zero-order valence-electron chi connectivity index (χ0n) is 14.0. The van der Waals surface area contributed by atoms with Crippen LogP contribution >= 0.6 is 0 Å². The Balaban J connectivity index is 2.07. The van der Waals surface area contributed by atoms with Gasteiger partial charge in [-0.3, -0.25) is 0 Å². The average molecular weight is 343 g/mol. The van der Waals surface area contributed by atoms with Gasteiger partial charge in [0.2, 0.25) is 0 Å². The van der Waals surface area contributed by atoms with E-state index in [0.29, 0.717) is 5.76 Å². The lowest BCUT2D eigenvalue weighted by molar-refractivity contribution is -0.0512. The van der Waals surface area contributed by atoms with Crippen LogP contribution in [0.5, 0.6) is 0 Å². The maximum Gasteiger partial charge on any atom is 0.274 e. The van der Waals surface area contributed by atoms with Gasteiger partial charge < -0.3 is 4.84 Å². The van der Waals surface area contributed by atoms with Crippen LogP contribution in [0.1, 0.15) is 32.4 Å². The quantitative estimate of drug-likeness (QED) is 0.835. The number of sulfonamides is 1. The standard InChI is InChI=1S/C19H21NO3S/c1-19(2,3)18-14-17(15-10-6-4-7-11-15)20(23-18)24(21,22)16-12-8-5-9-13-16/h4-14,17H,1-3H3. The second-order valence-electron chi connectivity index (χ2n) is 6.80. The number of hydrogen-bond acceptors (Lipinski definition) is 3. The highest BCUT2D eigenvalue weighted by molar-refractivity contribution is 7.89. The number of hydroxylamine groups is 1. The predicted octanol–water partition coefficient (Wildman–Crippen LogP) is 4.29. The molecule has 0 fully saturated rings. The maximum atomic E-state index is 13.1. The van der Waals surface area contributed by atoms with Crippen molar-refractivity contribution in [1.29, 1.82) is 0 Å². The second kappa shape index (κ2) is 6.07. The van der Waals surface area contributed by atoms with Gasteiger partial charge in [-0.2, -0.15) is 0 Å². The van der Waals surface area contributed by atoms with Gasteiger partial charge in [0.05, 0.1) is 4.90 Å². The molecule has 1 atom stereocenters. The highest BCUT2D eigenvalue weighted by atomic mass is 32.2. The van der Waals surface area contributed by atoms with Crippen LogP contribution in [-0.4, -0.2) is 12.9 Å². The van der Waals surface area contributed by atoms with E-state index in [0.717, 1.165) is 10.0 Å². The molecule has 0 amide bonds. The Hall–Kier alpha value is -2.11. The van der Waals surface area contributed by atoms with Crippen molar-refractivity contribution in [3.63, 3.8) is 0 Å². The fraction of sp³-hybridized carbons (Fsp3) is 0.263. The normalized spacial score (nSPS) is 19.0. The van der Waals surface area contributed by atoms with E-state index in [4.69, 9.17) is 4.84 Å². The zero-order valence-corrected chi connectivity index (χ0v) is 14.8. The molecular weight excluding hydrogens is 322 g/mol. The smallest absolute Gasteiger partial charge is 0.274 e. The molecule has 0 saturated heterocycles. The lowest BCUT2D eigenvalue weighted by Crippen LogP contribution is -2.31.